The van der Waals surface area contributed by atoms with Crippen molar-refractivity contribution in [1.82, 2.24) is 4.90 Å². The minimum absolute atomic E-state index is 0.120. The van der Waals surface area contributed by atoms with Gasteiger partial charge >= 0.3 is 0 Å². The zero-order valence-corrected chi connectivity index (χ0v) is 14.1. The van der Waals surface area contributed by atoms with Crippen molar-refractivity contribution < 1.29 is 9.53 Å². The Morgan fingerprint density at radius 3 is 2.38 bits per heavy atom. The van der Waals surface area contributed by atoms with E-state index in [0.717, 1.165) is 13.1 Å². The molecule has 1 N–H and O–H groups in total. The molecular weight excluding hydrogens is 335 g/mol. The number of morpholine rings is 1. The van der Waals surface area contributed by atoms with Crippen LogP contribution in [0.4, 0.5) is 5.69 Å². The van der Waals surface area contributed by atoms with Gasteiger partial charge < -0.3 is 10.1 Å². The van der Waals surface area contributed by atoms with Crippen LogP contribution >= 0.6 is 34.8 Å². The standard InChI is InChI=1S/C14H17Cl3N2O2/c1-8-5-19(6-9(2)21-8)7-14(20)18-13-4-11(16)10(15)3-12(13)17/h3-4,8-9H,5-7H2,1-2H3,(H,18,20)/t8-,9-/m0/s1. The normalized spacial score (nSPS) is 23.1. The molecule has 1 aromatic carbocycles. The highest BCUT2D eigenvalue weighted by Gasteiger charge is 2.23. The van der Waals surface area contributed by atoms with Gasteiger partial charge in [-0.1, -0.05) is 34.8 Å². The van der Waals surface area contributed by atoms with Crippen molar-refractivity contribution in [2.45, 2.75) is 26.1 Å². The van der Waals surface area contributed by atoms with Gasteiger partial charge in [-0.25, -0.2) is 0 Å². The van der Waals surface area contributed by atoms with Crippen LogP contribution in [0.2, 0.25) is 15.1 Å². The molecule has 1 amide bonds. The van der Waals surface area contributed by atoms with Crippen LogP contribution in [0.1, 0.15) is 13.8 Å². The molecule has 116 valence electrons. The van der Waals surface area contributed by atoms with Gasteiger partial charge in [0, 0.05) is 13.1 Å². The zero-order chi connectivity index (χ0) is 15.6. The number of anilines is 1. The Morgan fingerprint density at radius 1 is 1.19 bits per heavy atom. The number of hydrogen-bond acceptors (Lipinski definition) is 3. The molecule has 2 atom stereocenters. The maximum Gasteiger partial charge on any atom is 0.238 e. The summed E-state index contributed by atoms with van der Waals surface area (Å²) in [6.45, 7) is 5.74. The summed E-state index contributed by atoms with van der Waals surface area (Å²) >= 11 is 17.8. The van der Waals surface area contributed by atoms with Gasteiger partial charge in [-0.05, 0) is 26.0 Å². The first-order chi connectivity index (χ1) is 9.85. The number of nitrogens with one attached hydrogen (secondary N) is 1. The Morgan fingerprint density at radius 2 is 1.76 bits per heavy atom. The number of nitrogens with zero attached hydrogens (tertiary/aromatic N) is 1. The van der Waals surface area contributed by atoms with Gasteiger partial charge in [0.1, 0.15) is 0 Å². The molecule has 7 heteroatoms. The Bertz CT molecular complexity index is 529. The second kappa shape index (κ2) is 7.16. The Balaban J connectivity index is 1.97. The molecule has 0 saturated carbocycles. The molecule has 2 rings (SSSR count). The molecule has 1 aliphatic rings. The lowest BCUT2D eigenvalue weighted by atomic mass is 10.2. The van der Waals surface area contributed by atoms with E-state index in [1.54, 1.807) is 6.07 Å². The first kappa shape index (κ1) is 16.8. The fourth-order valence-corrected chi connectivity index (χ4v) is 3.02. The van der Waals surface area contributed by atoms with E-state index in [-0.39, 0.29) is 24.7 Å². The second-order valence-electron chi connectivity index (χ2n) is 5.25. The summed E-state index contributed by atoms with van der Waals surface area (Å²) in [7, 11) is 0. The van der Waals surface area contributed by atoms with Crippen LogP contribution in [0.25, 0.3) is 0 Å². The summed E-state index contributed by atoms with van der Waals surface area (Å²) in [5, 5.41) is 3.83. The van der Waals surface area contributed by atoms with Crippen LogP contribution in [0.3, 0.4) is 0 Å². The number of hydrogen-bond donors (Lipinski definition) is 1. The predicted octanol–water partition coefficient (Wildman–Crippen LogP) is 3.69. The largest absolute Gasteiger partial charge is 0.373 e. The van der Waals surface area contributed by atoms with E-state index in [1.807, 2.05) is 13.8 Å². The highest BCUT2D eigenvalue weighted by atomic mass is 35.5. The summed E-state index contributed by atoms with van der Waals surface area (Å²) < 4.78 is 5.64. The predicted molar refractivity (Wildman–Crippen MR) is 86.6 cm³/mol. The summed E-state index contributed by atoms with van der Waals surface area (Å²) in [5.41, 5.74) is 0.463. The molecule has 4 nitrogen and oxygen atoms in total. The molecule has 0 aromatic heterocycles. The highest BCUT2D eigenvalue weighted by molar-refractivity contribution is 6.44. The van der Waals surface area contributed by atoms with Crippen LogP contribution in [-0.2, 0) is 9.53 Å². The van der Waals surface area contributed by atoms with E-state index in [9.17, 15) is 4.79 Å². The molecule has 21 heavy (non-hydrogen) atoms. The van der Waals surface area contributed by atoms with Crippen LogP contribution in [-0.4, -0.2) is 42.6 Å². The van der Waals surface area contributed by atoms with E-state index in [0.29, 0.717) is 20.8 Å². The second-order valence-corrected chi connectivity index (χ2v) is 6.47. The van der Waals surface area contributed by atoms with Gasteiger partial charge in [0.05, 0.1) is 39.5 Å². The average Bonchev–Trinajstić information content (AvgIpc) is 2.34. The molecule has 1 saturated heterocycles. The van der Waals surface area contributed by atoms with Crippen molar-refractivity contribution in [3.8, 4) is 0 Å². The van der Waals surface area contributed by atoms with Crippen molar-refractivity contribution in [3.05, 3.63) is 27.2 Å². The first-order valence-corrected chi connectivity index (χ1v) is 7.80. The Hall–Kier alpha value is -0.520. The number of ether oxygens (including phenoxy) is 1. The van der Waals surface area contributed by atoms with Crippen LogP contribution in [0, 0.1) is 0 Å². The third-order valence-electron chi connectivity index (χ3n) is 3.15. The fraction of sp³-hybridized carbons (Fsp3) is 0.500. The number of benzene rings is 1. The number of halogens is 3. The number of amides is 1. The van der Waals surface area contributed by atoms with Crippen LogP contribution in [0.5, 0.6) is 0 Å². The van der Waals surface area contributed by atoms with Crippen LogP contribution < -0.4 is 5.32 Å². The van der Waals surface area contributed by atoms with Crippen molar-refractivity contribution in [2.75, 3.05) is 25.0 Å². The molecule has 0 bridgehead atoms. The van der Waals surface area contributed by atoms with Crippen molar-refractivity contribution >= 4 is 46.4 Å². The number of rotatable bonds is 3. The fourth-order valence-electron chi connectivity index (χ4n) is 2.42. The molecule has 1 aromatic rings. The third kappa shape index (κ3) is 4.73. The van der Waals surface area contributed by atoms with Crippen molar-refractivity contribution in [2.24, 2.45) is 0 Å². The van der Waals surface area contributed by atoms with Gasteiger partial charge in [-0.3, -0.25) is 9.69 Å². The molecular formula is C14H17Cl3N2O2. The van der Waals surface area contributed by atoms with Crippen LogP contribution in [0.15, 0.2) is 12.1 Å². The lowest BCUT2D eigenvalue weighted by Crippen LogP contribution is -2.48. The van der Waals surface area contributed by atoms with E-state index < -0.39 is 0 Å². The molecule has 1 aliphatic heterocycles. The summed E-state index contributed by atoms with van der Waals surface area (Å²) in [6.07, 6.45) is 0.241. The van der Waals surface area contributed by atoms with E-state index in [2.05, 4.69) is 10.2 Å². The lowest BCUT2D eigenvalue weighted by Gasteiger charge is -2.34. The monoisotopic (exact) mass is 350 g/mol. The van der Waals surface area contributed by atoms with Gasteiger partial charge in [0.2, 0.25) is 5.91 Å². The number of carbonyl (C=O) groups excluding carboxylic acids is 1. The summed E-state index contributed by atoms with van der Waals surface area (Å²) in [5.74, 6) is -0.142. The minimum atomic E-state index is -0.142. The highest BCUT2D eigenvalue weighted by Crippen LogP contribution is 2.32. The van der Waals surface area contributed by atoms with Crippen molar-refractivity contribution in [1.29, 1.82) is 0 Å². The number of carbonyl (C=O) groups is 1. The molecule has 1 fully saturated rings. The summed E-state index contributed by atoms with van der Waals surface area (Å²) in [6, 6.07) is 3.06. The van der Waals surface area contributed by atoms with E-state index in [4.69, 9.17) is 39.5 Å². The van der Waals surface area contributed by atoms with Crippen molar-refractivity contribution in [3.63, 3.8) is 0 Å². The Labute approximate surface area is 139 Å². The smallest absolute Gasteiger partial charge is 0.238 e. The first-order valence-electron chi connectivity index (χ1n) is 6.67. The topological polar surface area (TPSA) is 41.6 Å². The molecule has 0 aliphatic carbocycles. The van der Waals surface area contributed by atoms with E-state index >= 15 is 0 Å². The maximum absolute atomic E-state index is 12.1. The molecule has 0 unspecified atom stereocenters. The van der Waals surface area contributed by atoms with Gasteiger partial charge in [-0.15, -0.1) is 0 Å². The van der Waals surface area contributed by atoms with Gasteiger partial charge in [0.25, 0.3) is 0 Å². The molecule has 0 radical (unpaired) electrons. The lowest BCUT2D eigenvalue weighted by molar-refractivity contribution is -0.121. The quantitative estimate of drug-likeness (QED) is 0.844. The van der Waals surface area contributed by atoms with E-state index in [1.165, 1.54) is 6.07 Å². The molecule has 0 spiro atoms. The zero-order valence-electron chi connectivity index (χ0n) is 11.8. The maximum atomic E-state index is 12.1. The van der Waals surface area contributed by atoms with Gasteiger partial charge in [0.15, 0.2) is 0 Å². The molecule has 1 heterocycles. The Kier molecular flexibility index (Phi) is 5.74. The minimum Gasteiger partial charge on any atom is -0.373 e. The summed E-state index contributed by atoms with van der Waals surface area (Å²) in [4.78, 5) is 14.2. The third-order valence-corrected chi connectivity index (χ3v) is 4.18. The van der Waals surface area contributed by atoms with Gasteiger partial charge in [-0.2, -0.15) is 0 Å². The SMILES string of the molecule is C[C@H]1CN(CC(=O)Nc2cc(Cl)c(Cl)cc2Cl)C[C@H](C)O1. The average molecular weight is 352 g/mol.